The maximum absolute atomic E-state index is 11.3. The van der Waals surface area contributed by atoms with Gasteiger partial charge < -0.3 is 0 Å². The topological polar surface area (TPSA) is 29.4 Å². The lowest BCUT2D eigenvalue weighted by Gasteiger charge is -1.98. The molecule has 1 rings (SSSR count). The summed E-state index contributed by atoms with van der Waals surface area (Å²) in [5.74, 6) is 0. The minimum absolute atomic E-state index is 0.519. The molecule has 1 aromatic carbocycles. The van der Waals surface area contributed by atoms with Gasteiger partial charge in [0.1, 0.15) is 0 Å². The first-order chi connectivity index (χ1) is 5.97. The van der Waals surface area contributed by atoms with Crippen molar-refractivity contribution in [3.05, 3.63) is 34.3 Å². The summed E-state index contributed by atoms with van der Waals surface area (Å²) in [5.41, 5.74) is 1.07. The predicted molar refractivity (Wildman–Crippen MR) is 60.3 cm³/mol. The first-order valence-corrected chi connectivity index (χ1v) is 6.97. The molecule has 0 heterocycles. The van der Waals surface area contributed by atoms with Crippen LogP contribution in [-0.2, 0) is 16.3 Å². The molecule has 1 aromatic rings. The fraction of sp³-hybridized carbons (Fsp3) is 0.333. The molecule has 0 spiro atoms. The molecular weight excluding hydrogens is 250 g/mol. The Kier molecular flexibility index (Phi) is 3.50. The molecule has 72 valence electrons. The van der Waals surface area contributed by atoms with Crippen LogP contribution in [0.1, 0.15) is 5.56 Å². The molecule has 0 radical (unpaired) electrons. The van der Waals surface area contributed by atoms with E-state index < -0.39 is 9.73 Å². The zero-order chi connectivity index (χ0) is 9.90. The molecule has 0 aromatic heterocycles. The van der Waals surface area contributed by atoms with Gasteiger partial charge in [-0.25, -0.2) is 4.36 Å². The van der Waals surface area contributed by atoms with Crippen molar-refractivity contribution in [1.29, 1.82) is 0 Å². The van der Waals surface area contributed by atoms with E-state index in [9.17, 15) is 4.21 Å². The van der Waals surface area contributed by atoms with E-state index in [4.69, 9.17) is 0 Å². The van der Waals surface area contributed by atoms with Crippen molar-refractivity contribution in [2.45, 2.75) is 6.54 Å². The van der Waals surface area contributed by atoms with Crippen molar-refractivity contribution in [1.82, 2.24) is 0 Å². The smallest absolute Gasteiger partial charge is 0.0734 e. The average molecular weight is 262 g/mol. The van der Waals surface area contributed by atoms with E-state index in [1.807, 2.05) is 24.3 Å². The van der Waals surface area contributed by atoms with Crippen molar-refractivity contribution in [2.75, 3.05) is 12.5 Å². The Labute approximate surface area is 87.7 Å². The van der Waals surface area contributed by atoms with Gasteiger partial charge in [-0.05, 0) is 17.7 Å². The van der Waals surface area contributed by atoms with Crippen LogP contribution in [-0.4, -0.2) is 16.7 Å². The van der Waals surface area contributed by atoms with Gasteiger partial charge in [-0.2, -0.15) is 0 Å². The highest BCUT2D eigenvalue weighted by Crippen LogP contribution is 2.12. The van der Waals surface area contributed by atoms with Gasteiger partial charge in [0, 0.05) is 26.7 Å². The Morgan fingerprint density at radius 2 is 2.15 bits per heavy atom. The Hall–Kier alpha value is -0.350. The second-order valence-corrected chi connectivity index (χ2v) is 6.63. The van der Waals surface area contributed by atoms with Gasteiger partial charge in [-0.1, -0.05) is 28.1 Å². The average Bonchev–Trinajstić information content (AvgIpc) is 2.00. The summed E-state index contributed by atoms with van der Waals surface area (Å²) in [6, 6.07) is 7.86. The summed E-state index contributed by atoms with van der Waals surface area (Å²) in [6.45, 7) is 0.519. The third-order valence-corrected chi connectivity index (χ3v) is 2.69. The van der Waals surface area contributed by atoms with Gasteiger partial charge in [0.15, 0.2) is 0 Å². The third-order valence-electron chi connectivity index (χ3n) is 1.45. The molecule has 0 bridgehead atoms. The van der Waals surface area contributed by atoms with Crippen molar-refractivity contribution < 1.29 is 4.21 Å². The highest BCUT2D eigenvalue weighted by Gasteiger charge is 1.93. The second-order valence-electron chi connectivity index (χ2n) is 3.10. The van der Waals surface area contributed by atoms with Crippen LogP contribution in [0.15, 0.2) is 33.1 Å². The van der Waals surface area contributed by atoms with E-state index in [1.165, 1.54) is 0 Å². The van der Waals surface area contributed by atoms with E-state index in [1.54, 1.807) is 12.5 Å². The zero-order valence-electron chi connectivity index (χ0n) is 7.66. The van der Waals surface area contributed by atoms with Crippen LogP contribution in [0.25, 0.3) is 0 Å². The van der Waals surface area contributed by atoms with Gasteiger partial charge in [0.25, 0.3) is 0 Å². The quantitative estimate of drug-likeness (QED) is 0.805. The molecule has 0 aliphatic rings. The predicted octanol–water partition coefficient (Wildman–Crippen LogP) is 2.68. The van der Waals surface area contributed by atoms with Gasteiger partial charge in [0.05, 0.1) is 6.54 Å². The molecule has 0 atom stereocenters. The molecule has 0 aliphatic carbocycles. The first kappa shape index (κ1) is 10.7. The molecule has 0 unspecified atom stereocenters. The van der Waals surface area contributed by atoms with E-state index >= 15 is 0 Å². The summed E-state index contributed by atoms with van der Waals surface area (Å²) in [5, 5.41) is 0. The molecule has 0 aliphatic heterocycles. The highest BCUT2D eigenvalue weighted by molar-refractivity contribution is 9.10. The van der Waals surface area contributed by atoms with Crippen molar-refractivity contribution in [3.63, 3.8) is 0 Å². The highest BCUT2D eigenvalue weighted by atomic mass is 79.9. The number of nitrogens with zero attached hydrogens (tertiary/aromatic N) is 1. The summed E-state index contributed by atoms with van der Waals surface area (Å²) in [7, 11) is -1.98. The summed E-state index contributed by atoms with van der Waals surface area (Å²) in [4.78, 5) is 0. The first-order valence-electron chi connectivity index (χ1n) is 3.85. The van der Waals surface area contributed by atoms with E-state index in [-0.39, 0.29) is 0 Å². The minimum atomic E-state index is -1.98. The Morgan fingerprint density at radius 1 is 1.46 bits per heavy atom. The maximum Gasteiger partial charge on any atom is 0.0734 e. The van der Waals surface area contributed by atoms with Crippen LogP contribution >= 0.6 is 15.9 Å². The zero-order valence-corrected chi connectivity index (χ0v) is 10.1. The van der Waals surface area contributed by atoms with Gasteiger partial charge >= 0.3 is 0 Å². The van der Waals surface area contributed by atoms with Crippen LogP contribution in [0.3, 0.4) is 0 Å². The van der Waals surface area contributed by atoms with Crippen molar-refractivity contribution in [2.24, 2.45) is 4.36 Å². The maximum atomic E-state index is 11.3. The van der Waals surface area contributed by atoms with Crippen molar-refractivity contribution in [3.8, 4) is 0 Å². The standard InChI is InChI=1S/C9H12BrNOS/c1-13(2,12)11-7-8-4-3-5-9(10)6-8/h3-6H,7H2,1-2H3. The number of hydrogen-bond donors (Lipinski definition) is 0. The number of benzene rings is 1. The van der Waals surface area contributed by atoms with Gasteiger partial charge in [0.2, 0.25) is 0 Å². The summed E-state index contributed by atoms with van der Waals surface area (Å²) in [6.07, 6.45) is 3.29. The lowest BCUT2D eigenvalue weighted by Crippen LogP contribution is -1.92. The molecule has 2 nitrogen and oxygen atoms in total. The molecule has 4 heteroatoms. The molecule has 0 N–H and O–H groups in total. The lowest BCUT2D eigenvalue weighted by atomic mass is 10.2. The van der Waals surface area contributed by atoms with Crippen LogP contribution in [0.5, 0.6) is 0 Å². The van der Waals surface area contributed by atoms with Crippen LogP contribution in [0, 0.1) is 0 Å². The minimum Gasteiger partial charge on any atom is -0.250 e. The van der Waals surface area contributed by atoms with Crippen LogP contribution in [0.4, 0.5) is 0 Å². The fourth-order valence-electron chi connectivity index (χ4n) is 0.865. The summed E-state index contributed by atoms with van der Waals surface area (Å²) < 4.78 is 16.4. The van der Waals surface area contributed by atoms with Gasteiger partial charge in [-0.15, -0.1) is 0 Å². The monoisotopic (exact) mass is 261 g/mol. The second kappa shape index (κ2) is 4.24. The molecule has 0 saturated carbocycles. The Morgan fingerprint density at radius 3 is 2.69 bits per heavy atom. The van der Waals surface area contributed by atoms with Gasteiger partial charge in [-0.3, -0.25) is 4.21 Å². The fourth-order valence-corrected chi connectivity index (χ4v) is 1.77. The van der Waals surface area contributed by atoms with E-state index in [0.29, 0.717) is 6.54 Å². The number of rotatable bonds is 2. The van der Waals surface area contributed by atoms with E-state index in [2.05, 4.69) is 20.3 Å². The summed E-state index contributed by atoms with van der Waals surface area (Å²) >= 11 is 3.37. The molecule has 13 heavy (non-hydrogen) atoms. The largest absolute Gasteiger partial charge is 0.250 e. The Balaban J connectivity index is 2.82. The normalized spacial score (nSPS) is 11.3. The number of hydrogen-bond acceptors (Lipinski definition) is 2. The number of halogens is 1. The van der Waals surface area contributed by atoms with Crippen LogP contribution in [0.2, 0.25) is 0 Å². The Bertz CT molecular complexity index is 400. The molecule has 0 saturated heterocycles. The van der Waals surface area contributed by atoms with Crippen LogP contribution < -0.4 is 0 Å². The lowest BCUT2D eigenvalue weighted by molar-refractivity contribution is 0.682. The van der Waals surface area contributed by atoms with E-state index in [0.717, 1.165) is 10.0 Å². The SMILES string of the molecule is CS(C)(=O)=NCc1cccc(Br)c1. The molecule has 0 amide bonds. The third kappa shape index (κ3) is 4.43. The molecule has 0 fully saturated rings. The van der Waals surface area contributed by atoms with Crippen molar-refractivity contribution >= 4 is 25.7 Å². The molecular formula is C9H12BrNOS.